The molecular weight excluding hydrogens is 376 g/mol. The van der Waals surface area contributed by atoms with Crippen LogP contribution < -0.4 is 15.0 Å². The molecule has 0 aliphatic heterocycles. The molecule has 4 aromatic rings. The van der Waals surface area contributed by atoms with Gasteiger partial charge in [-0.1, -0.05) is 38.1 Å². The number of benzene rings is 3. The van der Waals surface area contributed by atoms with Gasteiger partial charge in [0, 0.05) is 11.1 Å². The van der Waals surface area contributed by atoms with Crippen LogP contribution in [-0.4, -0.2) is 17.1 Å². The van der Waals surface area contributed by atoms with Gasteiger partial charge in [0.1, 0.15) is 23.9 Å². The monoisotopic (exact) mass is 400 g/mol. The van der Waals surface area contributed by atoms with Gasteiger partial charge in [0.05, 0.1) is 18.0 Å². The smallest absolute Gasteiger partial charge is 0.259 e. The second kappa shape index (κ2) is 8.41. The molecule has 1 N–H and O–H groups in total. The Morgan fingerprint density at radius 1 is 1.00 bits per heavy atom. The van der Waals surface area contributed by atoms with Crippen molar-refractivity contribution in [1.29, 1.82) is 0 Å². The molecule has 0 saturated heterocycles. The number of H-pyrrole nitrogens is 1. The number of methoxy groups -OCH3 is 1. The maximum Gasteiger partial charge on any atom is 0.259 e. The lowest BCUT2D eigenvalue weighted by Crippen LogP contribution is -2.09. The van der Waals surface area contributed by atoms with E-state index >= 15 is 0 Å². The minimum atomic E-state index is -0.158. The summed E-state index contributed by atoms with van der Waals surface area (Å²) in [7, 11) is 1.63. The first-order chi connectivity index (χ1) is 14.5. The summed E-state index contributed by atoms with van der Waals surface area (Å²) < 4.78 is 11.5. The summed E-state index contributed by atoms with van der Waals surface area (Å²) in [4.78, 5) is 19.9. The molecule has 1 heterocycles. The molecule has 0 unspecified atom stereocenters. The number of nitrogens with zero attached hydrogens (tertiary/aromatic N) is 1. The second-order valence-corrected chi connectivity index (χ2v) is 7.47. The van der Waals surface area contributed by atoms with Gasteiger partial charge in [-0.3, -0.25) is 4.79 Å². The molecule has 0 fully saturated rings. The Bertz CT molecular complexity index is 1230. The molecule has 3 aromatic carbocycles. The fourth-order valence-corrected chi connectivity index (χ4v) is 3.37. The molecule has 0 saturated carbocycles. The normalized spacial score (nSPS) is 11.1. The number of aromatic nitrogens is 2. The van der Waals surface area contributed by atoms with E-state index in [-0.39, 0.29) is 5.56 Å². The number of hydrogen-bond donors (Lipinski definition) is 1. The summed E-state index contributed by atoms with van der Waals surface area (Å²) in [5, 5.41) is 0.572. The van der Waals surface area contributed by atoms with Crippen LogP contribution in [0, 0.1) is 0 Å². The summed E-state index contributed by atoms with van der Waals surface area (Å²) in [6.45, 7) is 4.67. The van der Waals surface area contributed by atoms with E-state index in [1.807, 2.05) is 48.5 Å². The van der Waals surface area contributed by atoms with Crippen LogP contribution in [0.25, 0.3) is 22.3 Å². The van der Waals surface area contributed by atoms with Crippen LogP contribution in [0.5, 0.6) is 11.5 Å². The first kappa shape index (κ1) is 19.7. The lowest BCUT2D eigenvalue weighted by molar-refractivity contribution is 0.296. The van der Waals surface area contributed by atoms with E-state index in [2.05, 4.69) is 35.9 Å². The number of rotatable bonds is 6. The van der Waals surface area contributed by atoms with Crippen LogP contribution in [0.4, 0.5) is 0 Å². The highest BCUT2D eigenvalue weighted by Gasteiger charge is 2.11. The lowest BCUT2D eigenvalue weighted by Gasteiger charge is -2.13. The van der Waals surface area contributed by atoms with E-state index in [9.17, 15) is 4.79 Å². The summed E-state index contributed by atoms with van der Waals surface area (Å²) >= 11 is 0. The molecule has 4 rings (SSSR count). The van der Waals surface area contributed by atoms with Gasteiger partial charge in [0.2, 0.25) is 0 Å². The molecule has 0 spiro atoms. The largest absolute Gasteiger partial charge is 0.496 e. The fourth-order valence-electron chi connectivity index (χ4n) is 3.37. The average molecular weight is 400 g/mol. The third-order valence-corrected chi connectivity index (χ3v) is 5.11. The number of fused-ring (bicyclic) bond motifs is 1. The van der Waals surface area contributed by atoms with Gasteiger partial charge in [0.25, 0.3) is 5.56 Å². The van der Waals surface area contributed by atoms with Crippen LogP contribution in [-0.2, 0) is 6.61 Å². The Balaban J connectivity index is 1.63. The second-order valence-electron chi connectivity index (χ2n) is 7.47. The van der Waals surface area contributed by atoms with E-state index in [1.165, 1.54) is 5.56 Å². The molecule has 5 nitrogen and oxygen atoms in total. The summed E-state index contributed by atoms with van der Waals surface area (Å²) in [6.07, 6.45) is 0. The molecular formula is C25H24N2O3. The molecule has 0 radical (unpaired) electrons. The molecule has 152 valence electrons. The third-order valence-electron chi connectivity index (χ3n) is 5.11. The number of aromatic amines is 1. The maximum atomic E-state index is 12.4. The molecule has 5 heteroatoms. The first-order valence-corrected chi connectivity index (χ1v) is 9.94. The summed E-state index contributed by atoms with van der Waals surface area (Å²) in [5.41, 5.74) is 3.45. The van der Waals surface area contributed by atoms with Crippen molar-refractivity contribution in [2.45, 2.75) is 26.4 Å². The summed E-state index contributed by atoms with van der Waals surface area (Å²) in [6, 6.07) is 21.1. The number of nitrogens with one attached hydrogen (secondary N) is 1. The minimum absolute atomic E-state index is 0.158. The first-order valence-electron chi connectivity index (χ1n) is 9.94. The SMILES string of the molecule is COc1ccc(-c2nc3ccccc3c(=O)[nH]2)cc1COc1ccc(C(C)C)cc1. The van der Waals surface area contributed by atoms with Gasteiger partial charge in [-0.25, -0.2) is 4.98 Å². The van der Waals surface area contributed by atoms with E-state index in [0.29, 0.717) is 29.3 Å². The van der Waals surface area contributed by atoms with Crippen LogP contribution >= 0.6 is 0 Å². The van der Waals surface area contributed by atoms with Crippen molar-refractivity contribution < 1.29 is 9.47 Å². The van der Waals surface area contributed by atoms with Crippen LogP contribution in [0.1, 0.15) is 30.9 Å². The Kier molecular flexibility index (Phi) is 5.53. The van der Waals surface area contributed by atoms with Crippen molar-refractivity contribution in [2.75, 3.05) is 7.11 Å². The van der Waals surface area contributed by atoms with E-state index in [1.54, 1.807) is 13.2 Å². The van der Waals surface area contributed by atoms with E-state index in [4.69, 9.17) is 9.47 Å². The van der Waals surface area contributed by atoms with E-state index < -0.39 is 0 Å². The highest BCUT2D eigenvalue weighted by atomic mass is 16.5. The Morgan fingerprint density at radius 3 is 2.50 bits per heavy atom. The average Bonchev–Trinajstić information content (AvgIpc) is 2.77. The number of hydrogen-bond acceptors (Lipinski definition) is 4. The minimum Gasteiger partial charge on any atom is -0.496 e. The number of ether oxygens (including phenoxy) is 2. The molecule has 0 aliphatic rings. The van der Waals surface area contributed by atoms with E-state index in [0.717, 1.165) is 22.6 Å². The van der Waals surface area contributed by atoms with Gasteiger partial charge in [0.15, 0.2) is 0 Å². The predicted molar refractivity (Wildman–Crippen MR) is 119 cm³/mol. The molecule has 1 aromatic heterocycles. The van der Waals surface area contributed by atoms with Crippen molar-refractivity contribution in [1.82, 2.24) is 9.97 Å². The zero-order valence-electron chi connectivity index (χ0n) is 17.3. The van der Waals surface area contributed by atoms with Crippen molar-refractivity contribution in [3.05, 3.63) is 88.2 Å². The Labute approximate surface area is 175 Å². The van der Waals surface area contributed by atoms with Crippen molar-refractivity contribution in [3.63, 3.8) is 0 Å². The van der Waals surface area contributed by atoms with Gasteiger partial charge in [-0.15, -0.1) is 0 Å². The molecule has 0 bridgehead atoms. The van der Waals surface area contributed by atoms with Gasteiger partial charge in [-0.05, 0) is 53.9 Å². The molecule has 0 aliphatic carbocycles. The Morgan fingerprint density at radius 2 is 1.77 bits per heavy atom. The van der Waals surface area contributed by atoms with Crippen LogP contribution in [0.3, 0.4) is 0 Å². The van der Waals surface area contributed by atoms with Crippen LogP contribution in [0.15, 0.2) is 71.5 Å². The zero-order chi connectivity index (χ0) is 21.1. The topological polar surface area (TPSA) is 64.2 Å². The van der Waals surface area contributed by atoms with Crippen molar-refractivity contribution >= 4 is 10.9 Å². The third kappa shape index (κ3) is 4.06. The van der Waals surface area contributed by atoms with Crippen LogP contribution in [0.2, 0.25) is 0 Å². The van der Waals surface area contributed by atoms with Crippen molar-refractivity contribution in [3.8, 4) is 22.9 Å². The van der Waals surface area contributed by atoms with Gasteiger partial charge in [-0.2, -0.15) is 0 Å². The number of para-hydroxylation sites is 1. The van der Waals surface area contributed by atoms with Gasteiger partial charge < -0.3 is 14.5 Å². The highest BCUT2D eigenvalue weighted by molar-refractivity contribution is 5.79. The molecule has 0 atom stereocenters. The lowest BCUT2D eigenvalue weighted by atomic mass is 10.0. The predicted octanol–water partition coefficient (Wildman–Crippen LogP) is 5.30. The fraction of sp³-hybridized carbons (Fsp3) is 0.200. The quantitative estimate of drug-likeness (QED) is 0.477. The Hall–Kier alpha value is -3.60. The standard InChI is InChI=1S/C25H24N2O3/c1-16(2)17-8-11-20(12-9-17)30-15-19-14-18(10-13-23(19)29-3)24-26-22-7-5-4-6-21(22)25(28)27-24/h4-14,16H,15H2,1-3H3,(H,26,27,28). The van der Waals surface area contributed by atoms with Gasteiger partial charge >= 0.3 is 0 Å². The highest BCUT2D eigenvalue weighted by Crippen LogP contribution is 2.27. The molecule has 30 heavy (non-hydrogen) atoms. The van der Waals surface area contributed by atoms with Crippen molar-refractivity contribution in [2.24, 2.45) is 0 Å². The summed E-state index contributed by atoms with van der Waals surface area (Å²) in [5.74, 6) is 2.51. The maximum absolute atomic E-state index is 12.4. The molecule has 0 amide bonds. The zero-order valence-corrected chi connectivity index (χ0v) is 17.3.